The molecule has 0 spiro atoms. The molecule has 0 amide bonds. The Hall–Kier alpha value is -3.60. The van der Waals surface area contributed by atoms with Gasteiger partial charge in [-0.1, -0.05) is 18.2 Å². The highest BCUT2D eigenvalue weighted by atomic mass is 19.1. The molecular formula is C39H54FN5O4. The minimum Gasteiger partial charge on any atom is -0.464 e. The van der Waals surface area contributed by atoms with E-state index in [-0.39, 0.29) is 18.0 Å². The molecule has 1 aliphatic heterocycles. The highest BCUT2D eigenvalue weighted by molar-refractivity contribution is 5.80. The van der Waals surface area contributed by atoms with Crippen molar-refractivity contribution < 1.29 is 23.4 Å². The van der Waals surface area contributed by atoms with Crippen molar-refractivity contribution in [2.45, 2.75) is 117 Å². The Morgan fingerprint density at radius 3 is 2.51 bits per heavy atom. The van der Waals surface area contributed by atoms with Crippen LogP contribution in [-0.4, -0.2) is 69.0 Å². The largest absolute Gasteiger partial charge is 0.464 e. The molecule has 5 rings (SSSR count). The summed E-state index contributed by atoms with van der Waals surface area (Å²) < 4.78 is 34.3. The summed E-state index contributed by atoms with van der Waals surface area (Å²) in [6, 6.07) is 7.60. The molecule has 266 valence electrons. The molecule has 10 heteroatoms. The number of rotatable bonds is 16. The van der Waals surface area contributed by atoms with Gasteiger partial charge in [0.25, 0.3) is 0 Å². The molecule has 0 N–H and O–H groups in total. The average molecular weight is 676 g/mol. The lowest BCUT2D eigenvalue weighted by Crippen LogP contribution is -2.45. The lowest BCUT2D eigenvalue weighted by Gasteiger charge is -2.41. The molecule has 1 aromatic carbocycles. The molecule has 1 atom stereocenters. The fourth-order valence-corrected chi connectivity index (χ4v) is 6.66. The molecule has 0 radical (unpaired) electrons. The number of carbonyl (C=O) groups excluding carboxylic acids is 1. The number of aromatic nitrogens is 3. The number of fused-ring (bicyclic) bond motifs is 1. The van der Waals surface area contributed by atoms with Crippen molar-refractivity contribution >= 4 is 17.4 Å². The fraction of sp³-hybridized carbons (Fsp3) is 0.564. The summed E-state index contributed by atoms with van der Waals surface area (Å²) >= 11 is 0. The van der Waals surface area contributed by atoms with Crippen LogP contribution in [0, 0.1) is 12.7 Å². The van der Waals surface area contributed by atoms with Gasteiger partial charge >= 0.3 is 5.97 Å². The van der Waals surface area contributed by atoms with Gasteiger partial charge < -0.3 is 19.1 Å². The third-order valence-corrected chi connectivity index (χ3v) is 9.35. The second-order valence-corrected chi connectivity index (χ2v) is 14.6. The summed E-state index contributed by atoms with van der Waals surface area (Å²) in [7, 11) is 0. The molecule has 1 saturated heterocycles. The van der Waals surface area contributed by atoms with Crippen LogP contribution >= 0.6 is 0 Å². The minimum absolute atomic E-state index is 0.215. The molecule has 2 aromatic heterocycles. The molecule has 9 nitrogen and oxygen atoms in total. The van der Waals surface area contributed by atoms with Crippen LogP contribution < -0.4 is 4.90 Å². The van der Waals surface area contributed by atoms with Crippen LogP contribution in [0.5, 0.6) is 0 Å². The van der Waals surface area contributed by atoms with Crippen molar-refractivity contribution in [3.8, 4) is 0 Å². The van der Waals surface area contributed by atoms with Gasteiger partial charge in [-0.3, -0.25) is 4.90 Å². The maximum absolute atomic E-state index is 14.2. The van der Waals surface area contributed by atoms with E-state index in [2.05, 4.69) is 29.9 Å². The predicted molar refractivity (Wildman–Crippen MR) is 191 cm³/mol. The van der Waals surface area contributed by atoms with Crippen molar-refractivity contribution in [1.29, 1.82) is 0 Å². The van der Waals surface area contributed by atoms with Gasteiger partial charge in [-0.2, -0.15) is 9.61 Å². The first kappa shape index (κ1) is 36.7. The standard InChI is InChI=1S/C39H54FN5O4/c1-9-12-13-28-23-30(40)15-14-29(28)25-44(32-16-17-32)26-31-24-33-41-27(4)34(35(37(46)47-11-3)49-38(5,6)7)36(45(33)42-31)43-20-18-39(8,19-21-43)48-22-10-2/h9-10,14-15,23-24,32,35H,1-2,11-13,16-22,25-26H2,3-8H3. The number of ether oxygens (including phenoxy) is 3. The van der Waals surface area contributed by atoms with Gasteiger partial charge in [-0.25, -0.2) is 14.2 Å². The van der Waals surface area contributed by atoms with Gasteiger partial charge in [0, 0.05) is 44.0 Å². The Morgan fingerprint density at radius 2 is 1.88 bits per heavy atom. The topological polar surface area (TPSA) is 81.4 Å². The number of hydrogen-bond acceptors (Lipinski definition) is 8. The first-order valence-electron chi connectivity index (χ1n) is 17.7. The monoisotopic (exact) mass is 675 g/mol. The van der Waals surface area contributed by atoms with Gasteiger partial charge in [0.15, 0.2) is 11.8 Å². The number of carbonyl (C=O) groups is 1. The molecule has 1 aliphatic carbocycles. The summed E-state index contributed by atoms with van der Waals surface area (Å²) in [5.74, 6) is 0.135. The van der Waals surface area contributed by atoms with Crippen LogP contribution in [0.4, 0.5) is 10.2 Å². The molecule has 3 heterocycles. The summed E-state index contributed by atoms with van der Waals surface area (Å²) in [6.07, 6.45) is 8.06. The summed E-state index contributed by atoms with van der Waals surface area (Å²) in [5.41, 5.74) is 4.20. The zero-order chi connectivity index (χ0) is 35.3. The van der Waals surface area contributed by atoms with E-state index >= 15 is 0 Å². The third-order valence-electron chi connectivity index (χ3n) is 9.35. The first-order chi connectivity index (χ1) is 23.3. The normalized spacial score (nSPS) is 17.0. The summed E-state index contributed by atoms with van der Waals surface area (Å²) in [6.45, 7) is 22.8. The second kappa shape index (κ2) is 15.5. The molecule has 0 bridgehead atoms. The molecule has 2 fully saturated rings. The SMILES string of the molecule is C=CCCc1cc(F)ccc1CN(Cc1cc2nc(C)c(C(OC(C)(C)C)C(=O)OCC)c(N3CCC(C)(OCC=C)CC3)n2n1)C1CC1. The molecule has 2 aliphatic rings. The Morgan fingerprint density at radius 1 is 1.14 bits per heavy atom. The number of benzene rings is 1. The summed E-state index contributed by atoms with van der Waals surface area (Å²) in [5, 5.41) is 5.18. The van der Waals surface area contributed by atoms with Gasteiger partial charge in [0.2, 0.25) is 0 Å². The van der Waals surface area contributed by atoms with E-state index in [4.69, 9.17) is 24.3 Å². The number of esters is 1. The fourth-order valence-electron chi connectivity index (χ4n) is 6.66. The number of anilines is 1. The highest BCUT2D eigenvalue weighted by Crippen LogP contribution is 2.39. The quantitative estimate of drug-likeness (QED) is 0.115. The second-order valence-electron chi connectivity index (χ2n) is 14.6. The Balaban J connectivity index is 1.55. The zero-order valence-corrected chi connectivity index (χ0v) is 30.3. The van der Waals surface area contributed by atoms with E-state index in [0.29, 0.717) is 55.7 Å². The predicted octanol–water partition coefficient (Wildman–Crippen LogP) is 7.44. The molecule has 3 aromatic rings. The van der Waals surface area contributed by atoms with E-state index < -0.39 is 17.7 Å². The number of halogens is 1. The average Bonchev–Trinajstić information content (AvgIpc) is 3.82. The van der Waals surface area contributed by atoms with Gasteiger partial charge in [0.05, 0.1) is 35.7 Å². The van der Waals surface area contributed by atoms with Crippen molar-refractivity contribution in [2.75, 3.05) is 31.2 Å². The van der Waals surface area contributed by atoms with Gasteiger partial charge in [-0.15, -0.1) is 13.2 Å². The number of allylic oxidation sites excluding steroid dienone is 1. The zero-order valence-electron chi connectivity index (χ0n) is 30.3. The Labute approximate surface area is 291 Å². The van der Waals surface area contributed by atoms with E-state index in [1.165, 1.54) is 0 Å². The van der Waals surface area contributed by atoms with Crippen LogP contribution in [0.2, 0.25) is 0 Å². The number of hydrogen-bond donors (Lipinski definition) is 0. The number of aryl methyl sites for hydroxylation is 2. The van der Waals surface area contributed by atoms with E-state index in [1.807, 2.05) is 50.4 Å². The number of piperidine rings is 1. The highest BCUT2D eigenvalue weighted by Gasteiger charge is 2.38. The Kier molecular flexibility index (Phi) is 11.6. The van der Waals surface area contributed by atoms with Crippen molar-refractivity contribution in [3.05, 3.63) is 83.5 Å². The maximum Gasteiger partial charge on any atom is 0.340 e. The van der Waals surface area contributed by atoms with Crippen LogP contribution in [0.3, 0.4) is 0 Å². The third kappa shape index (κ3) is 9.15. The van der Waals surface area contributed by atoms with Crippen molar-refractivity contribution in [3.63, 3.8) is 0 Å². The summed E-state index contributed by atoms with van der Waals surface area (Å²) in [4.78, 5) is 23.3. The van der Waals surface area contributed by atoms with Crippen molar-refractivity contribution in [1.82, 2.24) is 19.5 Å². The molecule has 1 saturated carbocycles. The van der Waals surface area contributed by atoms with Crippen LogP contribution in [0.1, 0.15) is 101 Å². The number of nitrogens with zero attached hydrogens (tertiary/aromatic N) is 5. The Bertz CT molecular complexity index is 1630. The van der Waals surface area contributed by atoms with Gasteiger partial charge in [-0.05, 0) is 103 Å². The van der Waals surface area contributed by atoms with E-state index in [9.17, 15) is 9.18 Å². The van der Waals surface area contributed by atoms with Crippen LogP contribution in [-0.2, 0) is 38.5 Å². The molecular weight excluding hydrogens is 621 g/mol. The van der Waals surface area contributed by atoms with E-state index in [0.717, 1.165) is 61.2 Å². The van der Waals surface area contributed by atoms with E-state index in [1.54, 1.807) is 25.1 Å². The lowest BCUT2D eigenvalue weighted by molar-refractivity contribution is -0.166. The van der Waals surface area contributed by atoms with Crippen LogP contribution in [0.15, 0.2) is 49.6 Å². The molecule has 49 heavy (non-hydrogen) atoms. The first-order valence-corrected chi connectivity index (χ1v) is 17.7. The van der Waals surface area contributed by atoms with Crippen molar-refractivity contribution in [2.24, 2.45) is 0 Å². The maximum atomic E-state index is 14.2. The van der Waals surface area contributed by atoms with Crippen LogP contribution in [0.25, 0.3) is 5.65 Å². The molecule has 1 unspecified atom stereocenters. The smallest absolute Gasteiger partial charge is 0.340 e. The van der Waals surface area contributed by atoms with Gasteiger partial charge in [0.1, 0.15) is 11.6 Å². The lowest BCUT2D eigenvalue weighted by atomic mass is 9.92. The minimum atomic E-state index is -0.986.